The van der Waals surface area contributed by atoms with E-state index in [0.717, 1.165) is 28.7 Å². The Hall–Kier alpha value is -1.97. The zero-order valence-corrected chi connectivity index (χ0v) is 15.2. The van der Waals surface area contributed by atoms with Crippen LogP contribution in [0.4, 0.5) is 5.69 Å². The van der Waals surface area contributed by atoms with Gasteiger partial charge in [0.05, 0.1) is 16.8 Å². The quantitative estimate of drug-likeness (QED) is 0.860. The third-order valence-electron chi connectivity index (χ3n) is 4.67. The fourth-order valence-corrected chi connectivity index (χ4v) is 4.13. The van der Waals surface area contributed by atoms with E-state index < -0.39 is 0 Å². The molecule has 132 valence electrons. The molecule has 1 saturated carbocycles. The number of hydrogen-bond donors (Lipinski definition) is 2. The number of nitriles is 1. The summed E-state index contributed by atoms with van der Waals surface area (Å²) >= 11 is 1.34. The number of carbonyl (C=O) groups is 1. The van der Waals surface area contributed by atoms with Crippen LogP contribution in [0.3, 0.4) is 0 Å². The average Bonchev–Trinajstić information content (AvgIpc) is 3.07. The molecule has 2 aromatic rings. The van der Waals surface area contributed by atoms with Gasteiger partial charge in [0.1, 0.15) is 6.07 Å². The largest absolute Gasteiger partial charge is 0.325 e. The fraction of sp³-hybridized carbons (Fsp3) is 0.526. The molecule has 0 radical (unpaired) electrons. The van der Waals surface area contributed by atoms with Crippen LogP contribution in [0, 0.1) is 11.3 Å². The molecule has 3 rings (SSSR count). The van der Waals surface area contributed by atoms with E-state index in [0.29, 0.717) is 17.6 Å². The molecule has 0 aliphatic heterocycles. The summed E-state index contributed by atoms with van der Waals surface area (Å²) < 4.78 is 0.915. The SMILES string of the molecule is N#Cc1nc2ccc(NC(=O)CNC3CCCCCCCC3)cc2s1. The van der Waals surface area contributed by atoms with Crippen molar-refractivity contribution >= 4 is 33.1 Å². The fourth-order valence-electron chi connectivity index (χ4n) is 3.33. The summed E-state index contributed by atoms with van der Waals surface area (Å²) in [6.45, 7) is 0.342. The average molecular weight is 356 g/mol. The summed E-state index contributed by atoms with van der Waals surface area (Å²) in [6, 6.07) is 8.06. The highest BCUT2D eigenvalue weighted by Crippen LogP contribution is 2.24. The number of nitrogens with one attached hydrogen (secondary N) is 2. The van der Waals surface area contributed by atoms with Crippen LogP contribution in [0.15, 0.2) is 18.2 Å². The molecule has 1 fully saturated rings. The second-order valence-corrected chi connectivity index (χ2v) is 7.67. The standard InChI is InChI=1S/C19H24N4OS/c20-12-19-23-16-10-9-15(11-17(16)25-19)22-18(24)13-21-14-7-5-3-1-2-4-6-8-14/h9-11,14,21H,1-8,13H2,(H,22,24). The van der Waals surface area contributed by atoms with E-state index in [1.165, 1.54) is 49.9 Å². The van der Waals surface area contributed by atoms with Crippen molar-refractivity contribution in [2.24, 2.45) is 0 Å². The van der Waals surface area contributed by atoms with Crippen LogP contribution in [0.25, 0.3) is 10.2 Å². The van der Waals surface area contributed by atoms with Gasteiger partial charge in [0.25, 0.3) is 0 Å². The molecule has 0 spiro atoms. The minimum Gasteiger partial charge on any atom is -0.325 e. The minimum atomic E-state index is -0.0238. The molecule has 1 amide bonds. The predicted molar refractivity (Wildman–Crippen MR) is 102 cm³/mol. The maximum Gasteiger partial charge on any atom is 0.238 e. The monoisotopic (exact) mass is 356 g/mol. The molecule has 1 aliphatic carbocycles. The number of carbonyl (C=O) groups excluding carboxylic acids is 1. The van der Waals surface area contributed by atoms with E-state index in [2.05, 4.69) is 21.7 Å². The summed E-state index contributed by atoms with van der Waals surface area (Å²) in [6.07, 6.45) is 10.1. The van der Waals surface area contributed by atoms with E-state index in [-0.39, 0.29) is 5.91 Å². The number of thiazole rings is 1. The maximum atomic E-state index is 12.2. The lowest BCUT2D eigenvalue weighted by Crippen LogP contribution is -2.36. The molecule has 0 saturated heterocycles. The lowest BCUT2D eigenvalue weighted by atomic mass is 10.1. The molecule has 0 atom stereocenters. The van der Waals surface area contributed by atoms with Gasteiger partial charge in [-0.15, -0.1) is 11.3 Å². The van der Waals surface area contributed by atoms with Gasteiger partial charge in [-0.3, -0.25) is 4.79 Å². The molecule has 1 aromatic heterocycles. The Morgan fingerprint density at radius 1 is 1.20 bits per heavy atom. The molecule has 25 heavy (non-hydrogen) atoms. The first kappa shape index (κ1) is 17.8. The normalized spacial score (nSPS) is 16.6. The van der Waals surface area contributed by atoms with Gasteiger partial charge in [-0.1, -0.05) is 38.5 Å². The van der Waals surface area contributed by atoms with Crippen LogP contribution < -0.4 is 10.6 Å². The maximum absolute atomic E-state index is 12.2. The van der Waals surface area contributed by atoms with Crippen molar-refractivity contribution in [1.29, 1.82) is 5.26 Å². The van der Waals surface area contributed by atoms with Gasteiger partial charge in [0, 0.05) is 11.7 Å². The zero-order chi connectivity index (χ0) is 17.5. The molecule has 2 N–H and O–H groups in total. The number of anilines is 1. The number of aromatic nitrogens is 1. The van der Waals surface area contributed by atoms with Crippen LogP contribution in [-0.4, -0.2) is 23.5 Å². The molecule has 1 aliphatic rings. The van der Waals surface area contributed by atoms with Gasteiger partial charge in [-0.2, -0.15) is 5.26 Å². The Labute approximate surface area is 152 Å². The molecule has 0 bridgehead atoms. The second-order valence-electron chi connectivity index (χ2n) is 6.64. The number of rotatable bonds is 4. The van der Waals surface area contributed by atoms with Crippen molar-refractivity contribution in [2.75, 3.05) is 11.9 Å². The van der Waals surface area contributed by atoms with E-state index in [1.54, 1.807) is 0 Å². The first-order valence-electron chi connectivity index (χ1n) is 9.08. The third-order valence-corrected chi connectivity index (χ3v) is 5.60. The highest BCUT2D eigenvalue weighted by atomic mass is 32.1. The third kappa shape index (κ3) is 5.25. The Morgan fingerprint density at radius 2 is 1.92 bits per heavy atom. The van der Waals surface area contributed by atoms with Crippen LogP contribution in [-0.2, 0) is 4.79 Å². The van der Waals surface area contributed by atoms with Crippen LogP contribution in [0.5, 0.6) is 0 Å². The summed E-state index contributed by atoms with van der Waals surface area (Å²) in [4.78, 5) is 16.4. The van der Waals surface area contributed by atoms with E-state index in [9.17, 15) is 4.79 Å². The first-order chi connectivity index (χ1) is 12.2. The van der Waals surface area contributed by atoms with Crippen molar-refractivity contribution < 1.29 is 4.79 Å². The van der Waals surface area contributed by atoms with Crippen molar-refractivity contribution in [2.45, 2.75) is 57.4 Å². The molecule has 5 nitrogen and oxygen atoms in total. The molecule has 1 aromatic carbocycles. The summed E-state index contributed by atoms with van der Waals surface area (Å²) in [5, 5.41) is 15.7. The molecule has 0 unspecified atom stereocenters. The number of benzene rings is 1. The van der Waals surface area contributed by atoms with E-state index in [1.807, 2.05) is 18.2 Å². The first-order valence-corrected chi connectivity index (χ1v) is 9.90. The van der Waals surface area contributed by atoms with Gasteiger partial charge in [-0.25, -0.2) is 4.98 Å². The van der Waals surface area contributed by atoms with Gasteiger partial charge < -0.3 is 10.6 Å². The van der Waals surface area contributed by atoms with Gasteiger partial charge in [0.2, 0.25) is 5.91 Å². The Bertz CT molecular complexity index is 754. The van der Waals surface area contributed by atoms with Crippen LogP contribution in [0.2, 0.25) is 0 Å². The Kier molecular flexibility index (Phi) is 6.37. The second kappa shape index (κ2) is 8.93. The van der Waals surface area contributed by atoms with Crippen molar-refractivity contribution in [1.82, 2.24) is 10.3 Å². The van der Waals surface area contributed by atoms with Crippen LogP contribution >= 0.6 is 11.3 Å². The number of amides is 1. The highest BCUT2D eigenvalue weighted by molar-refractivity contribution is 7.19. The minimum absolute atomic E-state index is 0.0238. The Morgan fingerprint density at radius 3 is 2.64 bits per heavy atom. The summed E-state index contributed by atoms with van der Waals surface area (Å²) in [5.41, 5.74) is 1.55. The number of hydrogen-bond acceptors (Lipinski definition) is 5. The van der Waals surface area contributed by atoms with E-state index >= 15 is 0 Å². The lowest BCUT2D eigenvalue weighted by molar-refractivity contribution is -0.115. The van der Waals surface area contributed by atoms with Crippen LogP contribution in [0.1, 0.15) is 56.4 Å². The summed E-state index contributed by atoms with van der Waals surface area (Å²) in [5.74, 6) is -0.0238. The number of fused-ring (bicyclic) bond motifs is 1. The smallest absolute Gasteiger partial charge is 0.238 e. The Balaban J connectivity index is 1.52. The molecular formula is C19H24N4OS. The summed E-state index contributed by atoms with van der Waals surface area (Å²) in [7, 11) is 0. The zero-order valence-electron chi connectivity index (χ0n) is 14.4. The lowest BCUT2D eigenvalue weighted by Gasteiger charge is -2.17. The highest BCUT2D eigenvalue weighted by Gasteiger charge is 2.12. The molecular weight excluding hydrogens is 332 g/mol. The predicted octanol–water partition coefficient (Wildman–Crippen LogP) is 4.20. The van der Waals surface area contributed by atoms with Gasteiger partial charge >= 0.3 is 0 Å². The van der Waals surface area contributed by atoms with Crippen molar-refractivity contribution in [3.63, 3.8) is 0 Å². The van der Waals surface area contributed by atoms with Crippen molar-refractivity contribution in [3.05, 3.63) is 23.2 Å². The van der Waals surface area contributed by atoms with Gasteiger partial charge in [-0.05, 0) is 31.0 Å². The number of nitrogens with zero attached hydrogens (tertiary/aromatic N) is 2. The topological polar surface area (TPSA) is 77.8 Å². The van der Waals surface area contributed by atoms with Gasteiger partial charge in [0.15, 0.2) is 5.01 Å². The van der Waals surface area contributed by atoms with Crippen molar-refractivity contribution in [3.8, 4) is 6.07 Å². The van der Waals surface area contributed by atoms with E-state index in [4.69, 9.17) is 5.26 Å². The molecule has 6 heteroatoms. The molecule has 1 heterocycles.